The monoisotopic (exact) mass is 461 g/mol. The van der Waals surface area contributed by atoms with Crippen molar-refractivity contribution in [1.29, 1.82) is 0 Å². The van der Waals surface area contributed by atoms with Gasteiger partial charge in [0.1, 0.15) is 11.4 Å². The molecule has 2 amide bonds. The maximum Gasteiger partial charge on any atom is 0.269 e. The average Bonchev–Trinajstić information content (AvgIpc) is 2.86. The summed E-state index contributed by atoms with van der Waals surface area (Å²) >= 11 is 0. The van der Waals surface area contributed by atoms with Crippen LogP contribution in [-0.2, 0) is 6.42 Å². The van der Waals surface area contributed by atoms with E-state index in [0.29, 0.717) is 67.2 Å². The van der Waals surface area contributed by atoms with Gasteiger partial charge in [0.15, 0.2) is 0 Å². The Morgan fingerprint density at radius 2 is 2.09 bits per heavy atom. The second-order valence-electron chi connectivity index (χ2n) is 8.63. The molecule has 2 aliphatic rings. The summed E-state index contributed by atoms with van der Waals surface area (Å²) in [6.07, 6.45) is 3.04. The Bertz CT molecular complexity index is 1320. The molecule has 4 heterocycles. The predicted molar refractivity (Wildman–Crippen MR) is 129 cm³/mol. The molecule has 1 fully saturated rings. The van der Waals surface area contributed by atoms with Gasteiger partial charge in [-0.05, 0) is 36.8 Å². The molecule has 5 rings (SSSR count). The number of fused-ring (bicyclic) bond motifs is 3. The number of hydrogen-bond donors (Lipinski definition) is 2. The Balaban J connectivity index is 1.41. The minimum absolute atomic E-state index is 0.0229. The van der Waals surface area contributed by atoms with Crippen molar-refractivity contribution in [1.82, 2.24) is 20.2 Å². The van der Waals surface area contributed by atoms with Crippen molar-refractivity contribution in [3.8, 4) is 5.75 Å². The van der Waals surface area contributed by atoms with Crippen molar-refractivity contribution in [3.63, 3.8) is 0 Å². The summed E-state index contributed by atoms with van der Waals surface area (Å²) in [5.74, 6) is 0.244. The molecule has 9 heteroatoms. The molecule has 9 nitrogen and oxygen atoms in total. The highest BCUT2D eigenvalue weighted by molar-refractivity contribution is 6.01. The first-order valence-electron chi connectivity index (χ1n) is 11.5. The lowest BCUT2D eigenvalue weighted by Crippen LogP contribution is -2.56. The highest BCUT2D eigenvalue weighted by Gasteiger charge is 2.34. The molecule has 1 saturated heterocycles. The third kappa shape index (κ3) is 3.87. The number of nitrogens with zero attached hydrogens (tertiary/aromatic N) is 3. The van der Waals surface area contributed by atoms with Gasteiger partial charge in [0, 0.05) is 49.6 Å². The maximum atomic E-state index is 13.5. The summed E-state index contributed by atoms with van der Waals surface area (Å²) < 4.78 is 6.04. The standard InChI is InChI=1S/C25H27N5O4/c1-3-15-10-16-11-22-19(12-21(16)28-23(15)31)25(33)30-8-7-29(14-18(30)6-9-34-22)17-4-5-20(27-13-17)24(32)26-2/h4-5,10-13,18H,3,6-9,14H2,1-2H3,(H,26,32)(H,28,31)/t18-/m1/s1. The summed E-state index contributed by atoms with van der Waals surface area (Å²) in [7, 11) is 1.58. The van der Waals surface area contributed by atoms with Gasteiger partial charge in [0.25, 0.3) is 17.4 Å². The minimum atomic E-state index is -0.224. The molecule has 0 radical (unpaired) electrons. The van der Waals surface area contributed by atoms with Crippen LogP contribution in [0.4, 0.5) is 5.69 Å². The minimum Gasteiger partial charge on any atom is -0.493 e. The molecule has 176 valence electrons. The molecule has 0 spiro atoms. The smallest absolute Gasteiger partial charge is 0.269 e. The molecular formula is C25H27N5O4. The Labute approximate surface area is 196 Å². The van der Waals surface area contributed by atoms with Crippen LogP contribution in [0.1, 0.15) is 39.8 Å². The Morgan fingerprint density at radius 1 is 1.24 bits per heavy atom. The van der Waals surface area contributed by atoms with Crippen LogP contribution in [0.15, 0.2) is 41.3 Å². The number of carbonyl (C=O) groups is 2. The van der Waals surface area contributed by atoms with E-state index in [4.69, 9.17) is 4.74 Å². The fourth-order valence-corrected chi connectivity index (χ4v) is 4.73. The van der Waals surface area contributed by atoms with Crippen LogP contribution in [0.3, 0.4) is 0 Å². The van der Waals surface area contributed by atoms with E-state index >= 15 is 0 Å². The predicted octanol–water partition coefficient (Wildman–Crippen LogP) is 1.96. The summed E-state index contributed by atoms with van der Waals surface area (Å²) in [6.45, 7) is 4.29. The molecule has 34 heavy (non-hydrogen) atoms. The van der Waals surface area contributed by atoms with Gasteiger partial charge in [-0.1, -0.05) is 6.92 Å². The number of nitrogens with one attached hydrogen (secondary N) is 2. The number of rotatable bonds is 3. The number of anilines is 1. The van der Waals surface area contributed by atoms with E-state index in [1.54, 1.807) is 25.4 Å². The van der Waals surface area contributed by atoms with E-state index in [2.05, 4.69) is 20.2 Å². The lowest BCUT2D eigenvalue weighted by molar-refractivity contribution is 0.0600. The first-order valence-corrected chi connectivity index (χ1v) is 11.5. The van der Waals surface area contributed by atoms with Crippen LogP contribution in [0, 0.1) is 0 Å². The highest BCUT2D eigenvalue weighted by atomic mass is 16.5. The third-order valence-corrected chi connectivity index (χ3v) is 6.66. The highest BCUT2D eigenvalue weighted by Crippen LogP contribution is 2.31. The first-order chi connectivity index (χ1) is 16.5. The van der Waals surface area contributed by atoms with Gasteiger partial charge < -0.3 is 24.8 Å². The van der Waals surface area contributed by atoms with E-state index < -0.39 is 0 Å². The molecule has 2 aliphatic heterocycles. The summed E-state index contributed by atoms with van der Waals surface area (Å²) in [4.78, 5) is 48.9. The van der Waals surface area contributed by atoms with Crippen molar-refractivity contribution in [3.05, 3.63) is 63.7 Å². The second-order valence-corrected chi connectivity index (χ2v) is 8.63. The molecule has 0 aliphatic carbocycles. The number of amides is 2. The fourth-order valence-electron chi connectivity index (χ4n) is 4.73. The van der Waals surface area contributed by atoms with Gasteiger partial charge in [0.2, 0.25) is 0 Å². The third-order valence-electron chi connectivity index (χ3n) is 6.66. The fraction of sp³-hybridized carbons (Fsp3) is 0.360. The summed E-state index contributed by atoms with van der Waals surface area (Å²) in [5.41, 5.74) is 2.97. The second kappa shape index (κ2) is 8.81. The molecule has 0 saturated carbocycles. The lowest BCUT2D eigenvalue weighted by atomic mass is 10.0. The molecule has 0 bridgehead atoms. The number of hydrogen-bond acceptors (Lipinski definition) is 6. The van der Waals surface area contributed by atoms with Crippen molar-refractivity contribution in [2.75, 3.05) is 38.2 Å². The molecule has 2 N–H and O–H groups in total. The van der Waals surface area contributed by atoms with E-state index in [-0.39, 0.29) is 23.4 Å². The quantitative estimate of drug-likeness (QED) is 0.618. The van der Waals surface area contributed by atoms with Gasteiger partial charge in [-0.3, -0.25) is 14.4 Å². The number of benzene rings is 1. The van der Waals surface area contributed by atoms with E-state index in [1.165, 1.54) is 0 Å². The number of aromatic amines is 1. The Morgan fingerprint density at radius 3 is 2.82 bits per heavy atom. The zero-order chi connectivity index (χ0) is 23.8. The Hall–Kier alpha value is -3.88. The lowest BCUT2D eigenvalue weighted by Gasteiger charge is -2.43. The maximum absolute atomic E-state index is 13.5. The average molecular weight is 462 g/mol. The van der Waals surface area contributed by atoms with Crippen LogP contribution in [0.25, 0.3) is 10.9 Å². The van der Waals surface area contributed by atoms with Crippen LogP contribution in [0.5, 0.6) is 5.75 Å². The van der Waals surface area contributed by atoms with Gasteiger partial charge in [0.05, 0.1) is 30.1 Å². The van der Waals surface area contributed by atoms with Gasteiger partial charge in [-0.15, -0.1) is 0 Å². The van der Waals surface area contributed by atoms with Crippen molar-refractivity contribution < 1.29 is 14.3 Å². The van der Waals surface area contributed by atoms with E-state index in [0.717, 1.165) is 11.1 Å². The van der Waals surface area contributed by atoms with Crippen molar-refractivity contribution in [2.24, 2.45) is 0 Å². The van der Waals surface area contributed by atoms with Crippen molar-refractivity contribution in [2.45, 2.75) is 25.8 Å². The number of carbonyl (C=O) groups excluding carboxylic acids is 2. The summed E-state index contributed by atoms with van der Waals surface area (Å²) in [6, 6.07) is 9.03. The number of aromatic nitrogens is 2. The number of aryl methyl sites for hydroxylation is 1. The van der Waals surface area contributed by atoms with Crippen LogP contribution in [-0.4, -0.2) is 66.0 Å². The normalized spacial score (nSPS) is 17.9. The van der Waals surface area contributed by atoms with E-state index in [1.807, 2.05) is 30.0 Å². The van der Waals surface area contributed by atoms with Crippen LogP contribution < -0.4 is 20.5 Å². The first kappa shape index (κ1) is 21.9. The number of piperazine rings is 1. The molecule has 3 aromatic rings. The Kier molecular flexibility index (Phi) is 5.69. The zero-order valence-electron chi connectivity index (χ0n) is 19.3. The molecule has 1 atom stereocenters. The number of ether oxygens (including phenoxy) is 1. The summed E-state index contributed by atoms with van der Waals surface area (Å²) in [5, 5.41) is 3.43. The van der Waals surface area contributed by atoms with Crippen LogP contribution >= 0.6 is 0 Å². The topological polar surface area (TPSA) is 108 Å². The van der Waals surface area contributed by atoms with E-state index in [9.17, 15) is 14.4 Å². The van der Waals surface area contributed by atoms with Gasteiger partial charge >= 0.3 is 0 Å². The largest absolute Gasteiger partial charge is 0.493 e. The van der Waals surface area contributed by atoms with Crippen molar-refractivity contribution >= 4 is 28.4 Å². The number of H-pyrrole nitrogens is 1. The number of pyridine rings is 2. The molecule has 2 aromatic heterocycles. The molecule has 0 unspecified atom stereocenters. The molecular weight excluding hydrogens is 434 g/mol. The molecule has 1 aromatic carbocycles. The van der Waals surface area contributed by atoms with Gasteiger partial charge in [-0.2, -0.15) is 0 Å². The SMILES string of the molecule is CCc1cc2cc3c(cc2[nH]c1=O)C(=O)N1CCN(c2ccc(C(=O)NC)nc2)C[C@H]1CCO3. The van der Waals surface area contributed by atoms with Crippen LogP contribution in [0.2, 0.25) is 0 Å². The van der Waals surface area contributed by atoms with Gasteiger partial charge in [-0.25, -0.2) is 4.98 Å². The zero-order valence-corrected chi connectivity index (χ0v) is 19.3.